The highest BCUT2D eigenvalue weighted by Crippen LogP contribution is 2.26. The molecule has 0 atom stereocenters. The number of aromatic nitrogens is 2. The van der Waals surface area contributed by atoms with Gasteiger partial charge in [0.05, 0.1) is 10.7 Å². The summed E-state index contributed by atoms with van der Waals surface area (Å²) in [6.45, 7) is 1.88. The maximum absolute atomic E-state index is 11.6. The molecule has 0 radical (unpaired) electrons. The molecule has 0 aliphatic rings. The number of aryl methyl sites for hydroxylation is 1. The first-order valence-electron chi connectivity index (χ1n) is 4.99. The van der Waals surface area contributed by atoms with Gasteiger partial charge in [-0.3, -0.25) is 14.9 Å². The summed E-state index contributed by atoms with van der Waals surface area (Å²) >= 11 is 3.63. The van der Waals surface area contributed by atoms with Gasteiger partial charge in [0.2, 0.25) is 5.91 Å². The van der Waals surface area contributed by atoms with E-state index in [-0.39, 0.29) is 21.8 Å². The maximum Gasteiger partial charge on any atom is 0.345 e. The normalized spacial score (nSPS) is 10.4. The Bertz CT molecular complexity index is 609. The van der Waals surface area contributed by atoms with Gasteiger partial charge in [-0.2, -0.15) is 0 Å². The predicted octanol–water partition coefficient (Wildman–Crippen LogP) is 2.55. The van der Waals surface area contributed by atoms with Crippen LogP contribution in [0.4, 0.5) is 10.1 Å². The Labute approximate surface area is 120 Å². The molecule has 0 saturated heterocycles. The summed E-state index contributed by atoms with van der Waals surface area (Å²) in [5.74, 6) is -0.0672. The number of thioether (sulfide) groups is 1. The molecular weight excluding hydrogens is 308 g/mol. The molecule has 0 aliphatic heterocycles. The van der Waals surface area contributed by atoms with Crippen molar-refractivity contribution in [3.63, 3.8) is 0 Å². The molecule has 0 spiro atoms. The Balaban J connectivity index is 1.85. The second-order valence-corrected chi connectivity index (χ2v) is 6.44. The average molecular weight is 316 g/mol. The number of hydrogen-bond acceptors (Lipinski definition) is 8. The van der Waals surface area contributed by atoms with Crippen molar-refractivity contribution < 1.29 is 9.72 Å². The van der Waals surface area contributed by atoms with Crippen molar-refractivity contribution in [3.8, 4) is 0 Å². The molecule has 0 saturated carbocycles. The van der Waals surface area contributed by atoms with Crippen LogP contribution < -0.4 is 5.32 Å². The van der Waals surface area contributed by atoms with Crippen LogP contribution in [0.3, 0.4) is 0 Å². The first-order valence-corrected chi connectivity index (χ1v) is 7.68. The van der Waals surface area contributed by atoms with Crippen LogP contribution in [-0.4, -0.2) is 26.6 Å². The van der Waals surface area contributed by atoms with Gasteiger partial charge in [-0.15, -0.1) is 11.3 Å². The topological polar surface area (TPSA) is 98.0 Å². The highest BCUT2D eigenvalue weighted by molar-refractivity contribution is 8.01. The summed E-state index contributed by atoms with van der Waals surface area (Å²) < 4.78 is 0.817. The Kier molecular flexibility index (Phi) is 4.45. The predicted molar refractivity (Wildman–Crippen MR) is 75.0 cm³/mol. The van der Waals surface area contributed by atoms with E-state index in [1.165, 1.54) is 23.1 Å². The lowest BCUT2D eigenvalue weighted by Gasteiger charge is -1.98. The molecule has 0 bridgehead atoms. The van der Waals surface area contributed by atoms with E-state index in [9.17, 15) is 14.9 Å². The first kappa shape index (κ1) is 13.9. The number of thiazole rings is 2. The number of amides is 1. The van der Waals surface area contributed by atoms with Gasteiger partial charge < -0.3 is 5.32 Å². The van der Waals surface area contributed by atoms with Crippen LogP contribution in [0.25, 0.3) is 0 Å². The summed E-state index contributed by atoms with van der Waals surface area (Å²) in [6.07, 6.45) is 1.12. The second kappa shape index (κ2) is 6.08. The third-order valence-electron chi connectivity index (χ3n) is 1.84. The molecule has 0 unspecified atom stereocenters. The molecule has 2 aromatic heterocycles. The number of nitrogens with one attached hydrogen (secondary N) is 1. The molecule has 10 heteroatoms. The molecular formula is C9H8N4O3S3. The monoisotopic (exact) mass is 316 g/mol. The Morgan fingerprint density at radius 3 is 3.00 bits per heavy atom. The zero-order valence-electron chi connectivity index (χ0n) is 9.65. The molecule has 100 valence electrons. The van der Waals surface area contributed by atoms with Gasteiger partial charge in [-0.05, 0) is 18.3 Å². The van der Waals surface area contributed by atoms with Gasteiger partial charge in [0.15, 0.2) is 9.47 Å². The van der Waals surface area contributed by atoms with E-state index >= 15 is 0 Å². The highest BCUT2D eigenvalue weighted by atomic mass is 32.2. The van der Waals surface area contributed by atoms with E-state index in [0.717, 1.165) is 27.6 Å². The fourth-order valence-electron chi connectivity index (χ4n) is 1.09. The third-order valence-corrected chi connectivity index (χ3v) is 4.85. The minimum Gasteiger partial charge on any atom is -0.301 e. The summed E-state index contributed by atoms with van der Waals surface area (Å²) in [7, 11) is 0. The van der Waals surface area contributed by atoms with E-state index in [0.29, 0.717) is 0 Å². The minimum absolute atomic E-state index is 0.0986. The van der Waals surface area contributed by atoms with E-state index in [2.05, 4.69) is 15.3 Å². The van der Waals surface area contributed by atoms with Crippen LogP contribution in [0, 0.1) is 17.0 Å². The lowest BCUT2D eigenvalue weighted by atomic mass is 10.6. The second-order valence-electron chi connectivity index (χ2n) is 3.35. The zero-order valence-corrected chi connectivity index (χ0v) is 12.1. The van der Waals surface area contributed by atoms with Crippen LogP contribution in [0.2, 0.25) is 0 Å². The molecule has 7 nitrogen and oxygen atoms in total. The maximum atomic E-state index is 11.6. The van der Waals surface area contributed by atoms with Crippen LogP contribution in [0.5, 0.6) is 0 Å². The van der Waals surface area contributed by atoms with Crippen molar-refractivity contribution >= 4 is 50.5 Å². The molecule has 1 amide bonds. The Hall–Kier alpha value is -1.52. The van der Waals surface area contributed by atoms with Gasteiger partial charge in [0.1, 0.15) is 6.20 Å². The van der Waals surface area contributed by atoms with Gasteiger partial charge in [0, 0.05) is 11.1 Å². The smallest absolute Gasteiger partial charge is 0.301 e. The van der Waals surface area contributed by atoms with Gasteiger partial charge in [-0.1, -0.05) is 11.8 Å². The van der Waals surface area contributed by atoms with E-state index in [1.807, 2.05) is 12.3 Å². The first-order chi connectivity index (χ1) is 9.04. The standard InChI is InChI=1S/C9H8N4O3S3/c1-5-3-17-9(11-5)18-4-6(14)12-8-10-2-7(19-8)13(15)16/h2-3H,4H2,1H3,(H,10,12,14). The van der Waals surface area contributed by atoms with Crippen LogP contribution in [-0.2, 0) is 4.79 Å². The van der Waals surface area contributed by atoms with Crippen molar-refractivity contribution in [2.75, 3.05) is 11.1 Å². The molecule has 19 heavy (non-hydrogen) atoms. The molecule has 2 aromatic rings. The molecule has 1 N–H and O–H groups in total. The number of nitrogens with zero attached hydrogens (tertiary/aromatic N) is 3. The van der Waals surface area contributed by atoms with Crippen molar-refractivity contribution in [1.82, 2.24) is 9.97 Å². The molecule has 2 heterocycles. The van der Waals surface area contributed by atoms with Crippen molar-refractivity contribution in [3.05, 3.63) is 27.4 Å². The van der Waals surface area contributed by atoms with Crippen LogP contribution in [0.1, 0.15) is 5.69 Å². The van der Waals surface area contributed by atoms with Crippen LogP contribution in [0.15, 0.2) is 15.9 Å². The minimum atomic E-state index is -0.541. The molecule has 2 rings (SSSR count). The quantitative estimate of drug-likeness (QED) is 0.517. The zero-order chi connectivity index (χ0) is 13.8. The molecule has 0 aliphatic carbocycles. The third kappa shape index (κ3) is 3.98. The number of anilines is 1. The fourth-order valence-corrected chi connectivity index (χ4v) is 3.39. The number of carbonyl (C=O) groups is 1. The van der Waals surface area contributed by atoms with Gasteiger partial charge >= 0.3 is 5.00 Å². The van der Waals surface area contributed by atoms with E-state index < -0.39 is 4.92 Å². The number of carbonyl (C=O) groups excluding carboxylic acids is 1. The van der Waals surface area contributed by atoms with Crippen LogP contribution >= 0.6 is 34.4 Å². The summed E-state index contributed by atoms with van der Waals surface area (Å²) in [4.78, 5) is 29.5. The Morgan fingerprint density at radius 2 is 2.42 bits per heavy atom. The lowest BCUT2D eigenvalue weighted by Crippen LogP contribution is -2.13. The highest BCUT2D eigenvalue weighted by Gasteiger charge is 2.13. The molecule has 0 aromatic carbocycles. The summed E-state index contributed by atoms with van der Waals surface area (Å²) in [6, 6.07) is 0. The van der Waals surface area contributed by atoms with E-state index in [4.69, 9.17) is 0 Å². The lowest BCUT2D eigenvalue weighted by molar-refractivity contribution is -0.380. The molecule has 0 fully saturated rings. The van der Waals surface area contributed by atoms with E-state index in [1.54, 1.807) is 0 Å². The summed E-state index contributed by atoms with van der Waals surface area (Å²) in [5, 5.41) is 15.0. The van der Waals surface area contributed by atoms with Gasteiger partial charge in [-0.25, -0.2) is 9.97 Å². The summed E-state index contributed by atoms with van der Waals surface area (Å²) in [5.41, 5.74) is 0.920. The average Bonchev–Trinajstić information content (AvgIpc) is 2.96. The number of nitro groups is 1. The van der Waals surface area contributed by atoms with Crippen molar-refractivity contribution in [2.24, 2.45) is 0 Å². The largest absolute Gasteiger partial charge is 0.345 e. The van der Waals surface area contributed by atoms with Gasteiger partial charge in [0.25, 0.3) is 0 Å². The SMILES string of the molecule is Cc1csc(SCC(=O)Nc2ncc([N+](=O)[O-])s2)n1. The van der Waals surface area contributed by atoms with Crippen molar-refractivity contribution in [1.29, 1.82) is 0 Å². The fraction of sp³-hybridized carbons (Fsp3) is 0.222. The van der Waals surface area contributed by atoms with Crippen molar-refractivity contribution in [2.45, 2.75) is 11.3 Å². The number of rotatable bonds is 5. The Morgan fingerprint density at radius 1 is 1.63 bits per heavy atom. The number of hydrogen-bond donors (Lipinski definition) is 1.